The van der Waals surface area contributed by atoms with Crippen LogP contribution in [-0.2, 0) is 4.84 Å². The molecule has 0 bridgehead atoms. The summed E-state index contributed by atoms with van der Waals surface area (Å²) in [5.41, 5.74) is 0. The smallest absolute Gasteiger partial charge is 0.0812 e. The molecule has 0 amide bonds. The lowest BCUT2D eigenvalue weighted by Crippen LogP contribution is -2.32. The van der Waals surface area contributed by atoms with E-state index in [1.54, 1.807) is 0 Å². The third-order valence-corrected chi connectivity index (χ3v) is 2.19. The van der Waals surface area contributed by atoms with Crippen LogP contribution in [0.3, 0.4) is 0 Å². The predicted molar refractivity (Wildman–Crippen MR) is 39.6 cm³/mol. The molecule has 1 aliphatic rings. The lowest BCUT2D eigenvalue weighted by molar-refractivity contribution is 0.0217. The standard InChI is InChI=1S/C5H13N2OP/c6-8-5-1-3-7(9)4-2-5/h5H,1-4,6,9H2. The molecule has 1 fully saturated rings. The van der Waals surface area contributed by atoms with Gasteiger partial charge in [-0.3, -0.25) is 4.67 Å². The number of piperidine rings is 1. The van der Waals surface area contributed by atoms with Crippen molar-refractivity contribution in [3.05, 3.63) is 0 Å². The largest absolute Gasteiger partial charge is 0.301 e. The van der Waals surface area contributed by atoms with Crippen molar-refractivity contribution < 1.29 is 4.84 Å². The van der Waals surface area contributed by atoms with E-state index in [4.69, 9.17) is 10.7 Å². The molecule has 0 aromatic heterocycles. The van der Waals surface area contributed by atoms with Crippen LogP contribution < -0.4 is 5.90 Å². The topological polar surface area (TPSA) is 38.5 Å². The second-order valence-corrected chi connectivity index (χ2v) is 3.10. The van der Waals surface area contributed by atoms with Gasteiger partial charge in [0.2, 0.25) is 0 Å². The van der Waals surface area contributed by atoms with Crippen LogP contribution in [0, 0.1) is 0 Å². The first-order valence-electron chi connectivity index (χ1n) is 3.18. The van der Waals surface area contributed by atoms with E-state index >= 15 is 0 Å². The predicted octanol–water partition coefficient (Wildman–Crippen LogP) is 0.131. The number of hydrogen-bond donors (Lipinski definition) is 1. The first kappa shape index (κ1) is 7.42. The van der Waals surface area contributed by atoms with Crippen LogP contribution in [-0.4, -0.2) is 23.9 Å². The summed E-state index contributed by atoms with van der Waals surface area (Å²) in [6.07, 6.45) is 2.40. The molecule has 1 unspecified atom stereocenters. The van der Waals surface area contributed by atoms with Crippen LogP contribution in [0.4, 0.5) is 0 Å². The molecule has 1 rings (SSSR count). The van der Waals surface area contributed by atoms with Crippen LogP contribution in [0.15, 0.2) is 0 Å². The number of hydrogen-bond acceptors (Lipinski definition) is 3. The Morgan fingerprint density at radius 2 is 2.00 bits per heavy atom. The fourth-order valence-electron chi connectivity index (χ4n) is 1.01. The Hall–Kier alpha value is 0.310. The zero-order valence-electron chi connectivity index (χ0n) is 5.42. The van der Waals surface area contributed by atoms with Crippen molar-refractivity contribution >= 4 is 9.39 Å². The number of nitrogens with two attached hydrogens (primary N) is 1. The Kier molecular flexibility index (Phi) is 2.86. The molecule has 3 nitrogen and oxygen atoms in total. The molecule has 0 aromatic rings. The lowest BCUT2D eigenvalue weighted by atomic mass is 10.1. The summed E-state index contributed by atoms with van der Waals surface area (Å²) in [6.45, 7) is 2.15. The molecule has 0 radical (unpaired) electrons. The summed E-state index contributed by atoms with van der Waals surface area (Å²) < 4.78 is 2.20. The van der Waals surface area contributed by atoms with E-state index in [1.165, 1.54) is 0 Å². The van der Waals surface area contributed by atoms with Gasteiger partial charge < -0.3 is 4.84 Å². The molecular weight excluding hydrogens is 135 g/mol. The maximum Gasteiger partial charge on any atom is 0.0812 e. The van der Waals surface area contributed by atoms with Crippen LogP contribution in [0.5, 0.6) is 0 Å². The van der Waals surface area contributed by atoms with Gasteiger partial charge in [-0.2, -0.15) is 0 Å². The molecule has 0 aliphatic carbocycles. The highest BCUT2D eigenvalue weighted by Gasteiger charge is 2.15. The Morgan fingerprint density at radius 3 is 2.44 bits per heavy atom. The van der Waals surface area contributed by atoms with Crippen LogP contribution in [0.2, 0.25) is 0 Å². The maximum absolute atomic E-state index is 5.02. The molecule has 54 valence electrons. The molecule has 1 saturated heterocycles. The maximum atomic E-state index is 5.02. The molecule has 1 atom stereocenters. The summed E-state index contributed by atoms with van der Waals surface area (Å²) in [5, 5.41) is 0. The average molecular weight is 148 g/mol. The summed E-state index contributed by atoms with van der Waals surface area (Å²) in [6, 6.07) is 0. The molecule has 9 heavy (non-hydrogen) atoms. The zero-order valence-corrected chi connectivity index (χ0v) is 6.57. The lowest BCUT2D eigenvalue weighted by Gasteiger charge is -2.26. The quantitative estimate of drug-likeness (QED) is 0.424. The summed E-state index contributed by atoms with van der Waals surface area (Å²) >= 11 is 0. The highest BCUT2D eigenvalue weighted by Crippen LogP contribution is 2.14. The van der Waals surface area contributed by atoms with Gasteiger partial charge in [-0.05, 0) is 12.8 Å². The summed E-state index contributed by atoms with van der Waals surface area (Å²) in [5.74, 6) is 5.02. The minimum Gasteiger partial charge on any atom is -0.301 e. The molecule has 4 heteroatoms. The Bertz CT molecular complexity index is 83.0. The van der Waals surface area contributed by atoms with Crippen LogP contribution in [0.1, 0.15) is 12.8 Å². The molecule has 1 heterocycles. The highest BCUT2D eigenvalue weighted by atomic mass is 31.0. The normalized spacial score (nSPS) is 24.7. The van der Waals surface area contributed by atoms with E-state index in [0.29, 0.717) is 6.10 Å². The molecule has 2 N–H and O–H groups in total. The molecule has 0 saturated carbocycles. The second kappa shape index (κ2) is 3.47. The summed E-state index contributed by atoms with van der Waals surface area (Å²) in [7, 11) is 2.68. The van der Waals surface area contributed by atoms with E-state index in [0.717, 1.165) is 25.9 Å². The van der Waals surface area contributed by atoms with Gasteiger partial charge in [0.1, 0.15) is 0 Å². The van der Waals surface area contributed by atoms with Crippen molar-refractivity contribution in [3.63, 3.8) is 0 Å². The monoisotopic (exact) mass is 148 g/mol. The van der Waals surface area contributed by atoms with Crippen molar-refractivity contribution in [3.8, 4) is 0 Å². The van der Waals surface area contributed by atoms with Crippen molar-refractivity contribution in [2.45, 2.75) is 18.9 Å². The van der Waals surface area contributed by atoms with Gasteiger partial charge in [0, 0.05) is 13.1 Å². The van der Waals surface area contributed by atoms with Crippen LogP contribution >= 0.6 is 9.39 Å². The van der Waals surface area contributed by atoms with Gasteiger partial charge in [0.25, 0.3) is 0 Å². The third kappa shape index (κ3) is 2.18. The Labute approximate surface area is 57.7 Å². The first-order valence-corrected chi connectivity index (χ1v) is 3.69. The van der Waals surface area contributed by atoms with Crippen molar-refractivity contribution in [2.75, 3.05) is 13.1 Å². The molecule has 0 aromatic carbocycles. The first-order chi connectivity index (χ1) is 4.33. The van der Waals surface area contributed by atoms with Gasteiger partial charge in [-0.25, -0.2) is 5.90 Å². The minimum absolute atomic E-state index is 0.293. The van der Waals surface area contributed by atoms with Gasteiger partial charge >= 0.3 is 0 Å². The van der Waals surface area contributed by atoms with E-state index in [9.17, 15) is 0 Å². The highest BCUT2D eigenvalue weighted by molar-refractivity contribution is 7.13. The van der Waals surface area contributed by atoms with Gasteiger partial charge in [0.05, 0.1) is 6.10 Å². The average Bonchev–Trinajstić information content (AvgIpc) is 1.90. The molecular formula is C5H13N2OP. The van der Waals surface area contributed by atoms with Gasteiger partial charge in [0.15, 0.2) is 0 Å². The van der Waals surface area contributed by atoms with E-state index in [1.807, 2.05) is 0 Å². The third-order valence-electron chi connectivity index (χ3n) is 1.67. The fraction of sp³-hybridized carbons (Fsp3) is 1.00. The van der Waals surface area contributed by atoms with Crippen molar-refractivity contribution in [1.82, 2.24) is 4.67 Å². The summed E-state index contributed by atoms with van der Waals surface area (Å²) in [4.78, 5) is 4.70. The Morgan fingerprint density at radius 1 is 1.44 bits per heavy atom. The van der Waals surface area contributed by atoms with Gasteiger partial charge in [-0.1, -0.05) is 9.39 Å². The fourth-order valence-corrected chi connectivity index (χ4v) is 1.31. The second-order valence-electron chi connectivity index (χ2n) is 2.37. The Balaban J connectivity index is 2.18. The van der Waals surface area contributed by atoms with Crippen LogP contribution in [0.25, 0.3) is 0 Å². The number of nitrogens with zero attached hydrogens (tertiary/aromatic N) is 1. The van der Waals surface area contributed by atoms with Crippen molar-refractivity contribution in [1.29, 1.82) is 0 Å². The molecule has 1 aliphatic heterocycles. The van der Waals surface area contributed by atoms with E-state index < -0.39 is 0 Å². The molecule has 0 spiro atoms. The van der Waals surface area contributed by atoms with E-state index in [-0.39, 0.29) is 0 Å². The van der Waals surface area contributed by atoms with Crippen molar-refractivity contribution in [2.24, 2.45) is 5.90 Å². The zero-order chi connectivity index (χ0) is 6.69. The number of rotatable bonds is 1. The SMILES string of the molecule is NOC1CCN(P)CC1. The minimum atomic E-state index is 0.293. The van der Waals surface area contributed by atoms with Gasteiger partial charge in [-0.15, -0.1) is 0 Å². The van der Waals surface area contributed by atoms with E-state index in [2.05, 4.69) is 14.1 Å².